The third-order valence-electron chi connectivity index (χ3n) is 3.94. The van der Waals surface area contributed by atoms with Gasteiger partial charge in [0.1, 0.15) is 0 Å². The van der Waals surface area contributed by atoms with Gasteiger partial charge in [0.2, 0.25) is 10.0 Å². The van der Waals surface area contributed by atoms with Crippen LogP contribution >= 0.6 is 15.9 Å². The Morgan fingerprint density at radius 3 is 2.60 bits per heavy atom. The average Bonchev–Trinajstić information content (AvgIpc) is 2.39. The van der Waals surface area contributed by atoms with Gasteiger partial charge in [-0.05, 0) is 36.5 Å². The molecule has 0 aliphatic heterocycles. The van der Waals surface area contributed by atoms with E-state index in [-0.39, 0.29) is 0 Å². The van der Waals surface area contributed by atoms with E-state index in [0.717, 1.165) is 22.9 Å². The van der Waals surface area contributed by atoms with E-state index in [1.165, 1.54) is 23.6 Å². The lowest BCUT2D eigenvalue weighted by atomic mass is 9.91. The van der Waals surface area contributed by atoms with Crippen LogP contribution in [0.3, 0.4) is 0 Å². The van der Waals surface area contributed by atoms with E-state index in [2.05, 4.69) is 15.9 Å². The standard InChI is InChI=1S/C15H22BrNO2S/c1-17(11-14-8-5-9-15(16)10-14)20(18,19)12-13-6-3-2-4-7-13/h5,8-10,13H,2-4,6-7,11-12H2,1H3. The number of hydrogen-bond acceptors (Lipinski definition) is 2. The molecule has 1 aromatic rings. The molecule has 0 unspecified atom stereocenters. The minimum Gasteiger partial charge on any atom is -0.212 e. The lowest BCUT2D eigenvalue weighted by molar-refractivity contribution is 0.374. The number of sulfonamides is 1. The molecule has 1 saturated carbocycles. The van der Waals surface area contributed by atoms with Crippen LogP contribution in [0.4, 0.5) is 0 Å². The first kappa shape index (κ1) is 16.0. The normalized spacial score (nSPS) is 17.6. The summed E-state index contributed by atoms with van der Waals surface area (Å²) in [6, 6.07) is 7.80. The highest BCUT2D eigenvalue weighted by atomic mass is 79.9. The zero-order valence-corrected chi connectivity index (χ0v) is 14.3. The molecule has 0 bridgehead atoms. The number of rotatable bonds is 5. The van der Waals surface area contributed by atoms with Crippen molar-refractivity contribution in [3.63, 3.8) is 0 Å². The summed E-state index contributed by atoms with van der Waals surface area (Å²) in [4.78, 5) is 0. The van der Waals surface area contributed by atoms with Crippen LogP contribution in [0.15, 0.2) is 28.7 Å². The first-order chi connectivity index (χ1) is 9.47. The van der Waals surface area contributed by atoms with Crippen molar-refractivity contribution in [1.82, 2.24) is 4.31 Å². The number of hydrogen-bond donors (Lipinski definition) is 0. The molecule has 0 heterocycles. The monoisotopic (exact) mass is 359 g/mol. The number of benzene rings is 1. The van der Waals surface area contributed by atoms with Crippen LogP contribution in [-0.4, -0.2) is 25.5 Å². The van der Waals surface area contributed by atoms with Crippen molar-refractivity contribution in [2.75, 3.05) is 12.8 Å². The predicted molar refractivity (Wildman–Crippen MR) is 86.0 cm³/mol. The molecular formula is C15H22BrNO2S. The first-order valence-electron chi connectivity index (χ1n) is 7.16. The Kier molecular flexibility index (Phi) is 5.64. The summed E-state index contributed by atoms with van der Waals surface area (Å²) in [6.07, 6.45) is 5.73. The molecule has 0 spiro atoms. The zero-order chi connectivity index (χ0) is 14.6. The van der Waals surface area contributed by atoms with Gasteiger partial charge < -0.3 is 0 Å². The van der Waals surface area contributed by atoms with Crippen molar-refractivity contribution < 1.29 is 8.42 Å². The van der Waals surface area contributed by atoms with E-state index >= 15 is 0 Å². The molecule has 1 aliphatic rings. The molecule has 0 radical (unpaired) electrons. The van der Waals surface area contributed by atoms with Gasteiger partial charge in [0.05, 0.1) is 5.75 Å². The Morgan fingerprint density at radius 1 is 1.25 bits per heavy atom. The molecule has 3 nitrogen and oxygen atoms in total. The summed E-state index contributed by atoms with van der Waals surface area (Å²) in [5, 5.41) is 0. The second-order valence-corrected chi connectivity index (χ2v) is 8.70. The molecule has 0 aromatic heterocycles. The second-order valence-electron chi connectivity index (χ2n) is 5.67. The van der Waals surface area contributed by atoms with Crippen LogP contribution in [0, 0.1) is 5.92 Å². The van der Waals surface area contributed by atoms with Crippen LogP contribution in [0.25, 0.3) is 0 Å². The summed E-state index contributed by atoms with van der Waals surface area (Å²) in [5.74, 6) is 0.649. The average molecular weight is 360 g/mol. The fourth-order valence-electron chi connectivity index (χ4n) is 2.77. The van der Waals surface area contributed by atoms with Gasteiger partial charge in [-0.15, -0.1) is 0 Å². The molecule has 5 heteroatoms. The maximum Gasteiger partial charge on any atom is 0.214 e. The lowest BCUT2D eigenvalue weighted by Gasteiger charge is -2.24. The van der Waals surface area contributed by atoms with E-state index in [1.54, 1.807) is 7.05 Å². The van der Waals surface area contributed by atoms with Gasteiger partial charge in [0.15, 0.2) is 0 Å². The third-order valence-corrected chi connectivity index (χ3v) is 6.40. The van der Waals surface area contributed by atoms with E-state index in [1.807, 2.05) is 24.3 Å². The van der Waals surface area contributed by atoms with E-state index in [9.17, 15) is 8.42 Å². The number of nitrogens with zero attached hydrogens (tertiary/aromatic N) is 1. The van der Waals surface area contributed by atoms with Crippen molar-refractivity contribution >= 4 is 26.0 Å². The Morgan fingerprint density at radius 2 is 1.95 bits per heavy atom. The molecule has 1 aliphatic carbocycles. The highest BCUT2D eigenvalue weighted by molar-refractivity contribution is 9.10. The van der Waals surface area contributed by atoms with Crippen molar-refractivity contribution in [3.8, 4) is 0 Å². The second kappa shape index (κ2) is 7.05. The van der Waals surface area contributed by atoms with E-state index < -0.39 is 10.0 Å². The summed E-state index contributed by atoms with van der Waals surface area (Å²) >= 11 is 3.41. The van der Waals surface area contributed by atoms with Gasteiger partial charge >= 0.3 is 0 Å². The Balaban J connectivity index is 1.97. The van der Waals surface area contributed by atoms with Gasteiger partial charge in [0, 0.05) is 18.1 Å². The molecular weight excluding hydrogens is 338 g/mol. The minimum absolute atomic E-state index is 0.303. The molecule has 0 atom stereocenters. The zero-order valence-electron chi connectivity index (χ0n) is 11.9. The van der Waals surface area contributed by atoms with Crippen LogP contribution < -0.4 is 0 Å². The minimum atomic E-state index is -3.15. The van der Waals surface area contributed by atoms with Gasteiger partial charge in [-0.2, -0.15) is 0 Å². The maximum atomic E-state index is 12.4. The van der Waals surface area contributed by atoms with Crippen LogP contribution in [0.1, 0.15) is 37.7 Å². The molecule has 0 N–H and O–H groups in total. The van der Waals surface area contributed by atoms with E-state index in [4.69, 9.17) is 0 Å². The van der Waals surface area contributed by atoms with Crippen molar-refractivity contribution in [2.45, 2.75) is 38.6 Å². The van der Waals surface area contributed by atoms with Gasteiger partial charge in [-0.25, -0.2) is 12.7 Å². The molecule has 0 saturated heterocycles. The molecule has 0 amide bonds. The van der Waals surface area contributed by atoms with E-state index in [0.29, 0.717) is 18.2 Å². The van der Waals surface area contributed by atoms with Crippen LogP contribution in [0.2, 0.25) is 0 Å². The van der Waals surface area contributed by atoms with Crippen molar-refractivity contribution in [1.29, 1.82) is 0 Å². The lowest BCUT2D eigenvalue weighted by Crippen LogP contribution is -2.32. The van der Waals surface area contributed by atoms with Gasteiger partial charge in [-0.1, -0.05) is 47.3 Å². The molecule has 1 aromatic carbocycles. The molecule has 2 rings (SSSR count). The maximum absolute atomic E-state index is 12.4. The summed E-state index contributed by atoms with van der Waals surface area (Å²) < 4.78 is 27.3. The third kappa shape index (κ3) is 4.57. The van der Waals surface area contributed by atoms with Gasteiger partial charge in [-0.3, -0.25) is 0 Å². The summed E-state index contributed by atoms with van der Waals surface area (Å²) in [7, 11) is -1.47. The fourth-order valence-corrected chi connectivity index (χ4v) is 4.75. The van der Waals surface area contributed by atoms with Crippen LogP contribution in [-0.2, 0) is 16.6 Å². The summed E-state index contributed by atoms with van der Waals surface area (Å²) in [5.41, 5.74) is 1.01. The van der Waals surface area contributed by atoms with Crippen LogP contribution in [0.5, 0.6) is 0 Å². The summed E-state index contributed by atoms with van der Waals surface area (Å²) in [6.45, 7) is 0.439. The largest absolute Gasteiger partial charge is 0.214 e. The smallest absolute Gasteiger partial charge is 0.212 e. The first-order valence-corrected chi connectivity index (χ1v) is 9.56. The Labute approximate surface area is 130 Å². The molecule has 112 valence electrons. The highest BCUT2D eigenvalue weighted by Crippen LogP contribution is 2.26. The Hall–Kier alpha value is -0.390. The quantitative estimate of drug-likeness (QED) is 0.801. The SMILES string of the molecule is CN(Cc1cccc(Br)c1)S(=O)(=O)CC1CCCCC1. The Bertz CT molecular complexity index is 539. The topological polar surface area (TPSA) is 37.4 Å². The molecule has 1 fully saturated rings. The molecule has 20 heavy (non-hydrogen) atoms. The predicted octanol–water partition coefficient (Wildman–Crippen LogP) is 3.79. The van der Waals surface area contributed by atoms with Crippen molar-refractivity contribution in [2.24, 2.45) is 5.92 Å². The highest BCUT2D eigenvalue weighted by Gasteiger charge is 2.24. The van der Waals surface area contributed by atoms with Crippen molar-refractivity contribution in [3.05, 3.63) is 34.3 Å². The fraction of sp³-hybridized carbons (Fsp3) is 0.600. The number of halogens is 1. The van der Waals surface area contributed by atoms with Gasteiger partial charge in [0.25, 0.3) is 0 Å².